The predicted molar refractivity (Wildman–Crippen MR) is 143 cm³/mol. The Morgan fingerprint density at radius 1 is 0.912 bits per heavy atom. The highest BCUT2D eigenvalue weighted by molar-refractivity contribution is 8.01. The summed E-state index contributed by atoms with van der Waals surface area (Å²) in [5, 5.41) is 6.01. The van der Waals surface area contributed by atoms with E-state index < -0.39 is 0 Å². The molecular formula is C27H27N3O2S2. The van der Waals surface area contributed by atoms with Gasteiger partial charge in [0.15, 0.2) is 4.34 Å². The maximum Gasteiger partial charge on any atom is 0.234 e. The molecule has 174 valence electrons. The molecule has 0 aliphatic heterocycles. The van der Waals surface area contributed by atoms with Crippen LogP contribution in [0.25, 0.3) is 10.2 Å². The Bertz CT molecular complexity index is 1310. The lowest BCUT2D eigenvalue weighted by atomic mass is 10.1. The van der Waals surface area contributed by atoms with Crippen LogP contribution in [0.5, 0.6) is 0 Å². The van der Waals surface area contributed by atoms with E-state index in [0.29, 0.717) is 12.8 Å². The van der Waals surface area contributed by atoms with E-state index in [-0.39, 0.29) is 17.6 Å². The molecule has 0 atom stereocenters. The Balaban J connectivity index is 1.33. The van der Waals surface area contributed by atoms with E-state index in [0.717, 1.165) is 42.6 Å². The van der Waals surface area contributed by atoms with Gasteiger partial charge in [0.1, 0.15) is 0 Å². The Morgan fingerprint density at radius 3 is 2.38 bits per heavy atom. The maximum absolute atomic E-state index is 12.5. The zero-order chi connectivity index (χ0) is 24.1. The molecule has 3 aromatic carbocycles. The Hall–Kier alpha value is -3.16. The minimum absolute atomic E-state index is 0.0133. The average Bonchev–Trinajstić information content (AvgIpc) is 3.21. The van der Waals surface area contributed by atoms with Crippen molar-refractivity contribution >= 4 is 56.5 Å². The van der Waals surface area contributed by atoms with Gasteiger partial charge in [0.2, 0.25) is 11.8 Å². The van der Waals surface area contributed by atoms with E-state index in [1.54, 1.807) is 0 Å². The minimum atomic E-state index is -0.0503. The number of carbonyl (C=O) groups is 2. The summed E-state index contributed by atoms with van der Waals surface area (Å²) in [5.41, 5.74) is 6.96. The second-order valence-electron chi connectivity index (χ2n) is 8.31. The molecule has 0 saturated carbocycles. The number of anilines is 2. The summed E-state index contributed by atoms with van der Waals surface area (Å²) in [5.74, 6) is 0.224. The van der Waals surface area contributed by atoms with E-state index >= 15 is 0 Å². The van der Waals surface area contributed by atoms with E-state index in [2.05, 4.69) is 34.7 Å². The number of aryl methyl sites for hydroxylation is 4. The number of fused-ring (bicyclic) bond motifs is 1. The first-order valence-electron chi connectivity index (χ1n) is 11.1. The molecule has 0 unspecified atom stereocenters. The van der Waals surface area contributed by atoms with Crippen molar-refractivity contribution in [3.63, 3.8) is 0 Å². The summed E-state index contributed by atoms with van der Waals surface area (Å²) in [4.78, 5) is 29.5. The molecule has 2 amide bonds. The highest BCUT2D eigenvalue weighted by Gasteiger charge is 2.12. The SMILES string of the molecule is Cc1cc(C)c(NC(=O)CSc2nc3ccc(NC(=O)CCc4ccccc4)cc3s2)c(C)c1. The van der Waals surface area contributed by atoms with Gasteiger partial charge in [-0.15, -0.1) is 11.3 Å². The number of benzene rings is 3. The number of hydrogen-bond donors (Lipinski definition) is 2. The minimum Gasteiger partial charge on any atom is -0.326 e. The van der Waals surface area contributed by atoms with Crippen molar-refractivity contribution < 1.29 is 9.59 Å². The van der Waals surface area contributed by atoms with Gasteiger partial charge in [0, 0.05) is 17.8 Å². The van der Waals surface area contributed by atoms with Crippen LogP contribution in [0.4, 0.5) is 11.4 Å². The van der Waals surface area contributed by atoms with Crippen LogP contribution in [0.3, 0.4) is 0 Å². The normalized spacial score (nSPS) is 10.9. The Morgan fingerprint density at radius 2 is 1.65 bits per heavy atom. The molecule has 0 aliphatic rings. The summed E-state index contributed by atoms with van der Waals surface area (Å²) in [6.07, 6.45) is 1.14. The number of nitrogens with one attached hydrogen (secondary N) is 2. The monoisotopic (exact) mass is 489 g/mol. The predicted octanol–water partition coefficient (Wildman–Crippen LogP) is 6.52. The molecule has 0 bridgehead atoms. The topological polar surface area (TPSA) is 71.1 Å². The van der Waals surface area contributed by atoms with Gasteiger partial charge < -0.3 is 10.6 Å². The van der Waals surface area contributed by atoms with E-state index in [1.807, 2.05) is 62.4 Å². The van der Waals surface area contributed by atoms with Crippen LogP contribution in [0.2, 0.25) is 0 Å². The quantitative estimate of drug-likeness (QED) is 0.276. The average molecular weight is 490 g/mol. The van der Waals surface area contributed by atoms with E-state index in [1.165, 1.54) is 28.7 Å². The fraction of sp³-hybridized carbons (Fsp3) is 0.222. The van der Waals surface area contributed by atoms with Crippen LogP contribution in [-0.2, 0) is 16.0 Å². The molecule has 4 aromatic rings. The van der Waals surface area contributed by atoms with E-state index in [9.17, 15) is 9.59 Å². The molecule has 4 rings (SSSR count). The summed E-state index contributed by atoms with van der Waals surface area (Å²) in [6.45, 7) is 6.07. The highest BCUT2D eigenvalue weighted by Crippen LogP contribution is 2.31. The van der Waals surface area contributed by atoms with Crippen molar-refractivity contribution in [2.75, 3.05) is 16.4 Å². The molecule has 0 fully saturated rings. The lowest BCUT2D eigenvalue weighted by Gasteiger charge is -2.12. The van der Waals surface area contributed by atoms with Gasteiger partial charge in [0.25, 0.3) is 0 Å². The molecule has 0 aliphatic carbocycles. The second-order valence-corrected chi connectivity index (χ2v) is 10.6. The first-order valence-corrected chi connectivity index (χ1v) is 12.9. The number of nitrogens with zero attached hydrogens (tertiary/aromatic N) is 1. The van der Waals surface area contributed by atoms with Crippen molar-refractivity contribution in [2.45, 2.75) is 38.0 Å². The first kappa shape index (κ1) is 24.0. The highest BCUT2D eigenvalue weighted by atomic mass is 32.2. The molecule has 1 heterocycles. The standard InChI is InChI=1S/C27H27N3O2S2/c1-17-13-18(2)26(19(3)14-17)30-25(32)16-33-27-29-22-11-10-21(15-23(22)34-27)28-24(31)12-9-20-7-5-4-6-8-20/h4-8,10-11,13-15H,9,12,16H2,1-3H3,(H,28,31)(H,30,32). The fourth-order valence-electron chi connectivity index (χ4n) is 3.85. The molecular weight excluding hydrogens is 462 g/mol. The van der Waals surface area contributed by atoms with Gasteiger partial charge in [0.05, 0.1) is 16.0 Å². The van der Waals surface area contributed by atoms with Gasteiger partial charge in [-0.2, -0.15) is 0 Å². The van der Waals surface area contributed by atoms with E-state index in [4.69, 9.17) is 0 Å². The summed E-state index contributed by atoms with van der Waals surface area (Å²) < 4.78 is 1.81. The van der Waals surface area contributed by atoms with Crippen LogP contribution >= 0.6 is 23.1 Å². The van der Waals surface area contributed by atoms with Crippen LogP contribution in [0.1, 0.15) is 28.7 Å². The van der Waals surface area contributed by atoms with Crippen LogP contribution < -0.4 is 10.6 Å². The smallest absolute Gasteiger partial charge is 0.234 e. The number of amides is 2. The summed E-state index contributed by atoms with van der Waals surface area (Å²) >= 11 is 2.95. The lowest BCUT2D eigenvalue weighted by molar-refractivity contribution is -0.116. The largest absolute Gasteiger partial charge is 0.326 e. The zero-order valence-corrected chi connectivity index (χ0v) is 21.1. The Kier molecular flexibility index (Phi) is 7.65. The maximum atomic E-state index is 12.5. The third-order valence-electron chi connectivity index (χ3n) is 5.40. The van der Waals surface area contributed by atoms with Crippen molar-refractivity contribution in [1.82, 2.24) is 4.98 Å². The third kappa shape index (κ3) is 6.24. The second kappa shape index (κ2) is 10.8. The van der Waals surface area contributed by atoms with Crippen LogP contribution in [-0.4, -0.2) is 22.6 Å². The molecule has 0 saturated heterocycles. The number of thiazole rings is 1. The molecule has 34 heavy (non-hydrogen) atoms. The van der Waals surface area contributed by atoms with Crippen molar-refractivity contribution in [2.24, 2.45) is 0 Å². The van der Waals surface area contributed by atoms with Gasteiger partial charge in [-0.3, -0.25) is 9.59 Å². The molecule has 7 heteroatoms. The van der Waals surface area contributed by atoms with Gasteiger partial charge in [-0.25, -0.2) is 4.98 Å². The van der Waals surface area contributed by atoms with Gasteiger partial charge in [-0.1, -0.05) is 59.8 Å². The number of hydrogen-bond acceptors (Lipinski definition) is 5. The van der Waals surface area contributed by atoms with Crippen molar-refractivity contribution in [3.8, 4) is 0 Å². The van der Waals surface area contributed by atoms with Crippen LogP contribution in [0.15, 0.2) is 65.0 Å². The Labute approximate surface area is 208 Å². The first-order chi connectivity index (χ1) is 16.4. The fourth-order valence-corrected chi connectivity index (χ4v) is 5.76. The number of carbonyl (C=O) groups excluding carboxylic acids is 2. The van der Waals surface area contributed by atoms with Gasteiger partial charge >= 0.3 is 0 Å². The van der Waals surface area contributed by atoms with Crippen molar-refractivity contribution in [3.05, 3.63) is 82.9 Å². The molecule has 1 aromatic heterocycles. The summed E-state index contributed by atoms with van der Waals surface area (Å²) in [7, 11) is 0. The van der Waals surface area contributed by atoms with Crippen molar-refractivity contribution in [1.29, 1.82) is 0 Å². The number of aromatic nitrogens is 1. The van der Waals surface area contributed by atoms with Crippen LogP contribution in [0, 0.1) is 20.8 Å². The number of rotatable bonds is 8. The van der Waals surface area contributed by atoms with Gasteiger partial charge in [-0.05, 0) is 62.1 Å². The lowest BCUT2D eigenvalue weighted by Crippen LogP contribution is -2.15. The molecule has 5 nitrogen and oxygen atoms in total. The zero-order valence-electron chi connectivity index (χ0n) is 19.5. The third-order valence-corrected chi connectivity index (χ3v) is 7.57. The molecule has 0 radical (unpaired) electrons. The molecule has 2 N–H and O–H groups in total. The summed E-state index contributed by atoms with van der Waals surface area (Å²) in [6, 6.07) is 19.8. The number of thioether (sulfide) groups is 1. The molecule has 0 spiro atoms.